The van der Waals surface area contributed by atoms with E-state index in [2.05, 4.69) is 0 Å². The van der Waals surface area contributed by atoms with Crippen LogP contribution in [0.1, 0.15) is 31.9 Å². The number of hydrogen-bond donors (Lipinski definition) is 1. The minimum absolute atomic E-state index is 0.0314. The second-order valence-corrected chi connectivity index (χ2v) is 5.52. The van der Waals surface area contributed by atoms with E-state index >= 15 is 0 Å². The minimum atomic E-state index is -0.930. The van der Waals surface area contributed by atoms with Crippen molar-refractivity contribution in [3.05, 3.63) is 45.0 Å². The summed E-state index contributed by atoms with van der Waals surface area (Å²) in [5.74, 6) is -1.40. The highest BCUT2D eigenvalue weighted by molar-refractivity contribution is 6.08. The molecule has 0 heterocycles. The lowest BCUT2D eigenvalue weighted by atomic mass is 9.85. The Bertz CT molecular complexity index is 758. The van der Waals surface area contributed by atoms with Gasteiger partial charge in [-0.2, -0.15) is 10.5 Å². The van der Waals surface area contributed by atoms with Gasteiger partial charge in [-0.3, -0.25) is 14.9 Å². The van der Waals surface area contributed by atoms with Gasteiger partial charge in [0.1, 0.15) is 11.6 Å². The lowest BCUT2D eigenvalue weighted by Gasteiger charge is -2.16. The summed E-state index contributed by atoms with van der Waals surface area (Å²) in [7, 11) is 0. The number of benzene rings is 1. The summed E-state index contributed by atoms with van der Waals surface area (Å²) < 4.78 is 0. The van der Waals surface area contributed by atoms with E-state index in [1.54, 1.807) is 32.9 Å². The molecule has 0 fully saturated rings. The van der Waals surface area contributed by atoms with Crippen LogP contribution in [0.3, 0.4) is 0 Å². The number of carbonyl (C=O) groups excluding carboxylic acids is 1. The van der Waals surface area contributed by atoms with Crippen molar-refractivity contribution < 1.29 is 14.8 Å². The third-order valence-electron chi connectivity index (χ3n) is 2.84. The monoisotopic (exact) mass is 299 g/mol. The molecule has 7 heteroatoms. The second kappa shape index (κ2) is 6.06. The number of nitro benzene ring substituents is 1. The van der Waals surface area contributed by atoms with Gasteiger partial charge in [0.25, 0.3) is 5.69 Å². The van der Waals surface area contributed by atoms with Crippen LogP contribution in [0.5, 0.6) is 0 Å². The fraction of sp³-hybridized carbons (Fsp3) is 0.267. The second-order valence-electron chi connectivity index (χ2n) is 5.52. The predicted octanol–water partition coefficient (Wildman–Crippen LogP) is 2.87. The SMILES string of the molecule is CC(C)(C)C(=O)/C(C#N)=C(\O)c1ccc(C#N)cc1[N+](=O)[O-]. The van der Waals surface area contributed by atoms with Crippen LogP contribution in [0.2, 0.25) is 0 Å². The third kappa shape index (κ3) is 3.28. The molecule has 1 aromatic carbocycles. The first-order chi connectivity index (χ1) is 10.1. The number of nitriles is 2. The van der Waals surface area contributed by atoms with Gasteiger partial charge in [0.2, 0.25) is 0 Å². The Balaban J connectivity index is 3.63. The van der Waals surface area contributed by atoms with Gasteiger partial charge in [0, 0.05) is 11.5 Å². The number of aliphatic hydroxyl groups is 1. The molecule has 1 aromatic rings. The zero-order valence-electron chi connectivity index (χ0n) is 12.2. The van der Waals surface area contributed by atoms with E-state index in [0.717, 1.165) is 12.1 Å². The summed E-state index contributed by atoms with van der Waals surface area (Å²) in [5, 5.41) is 39.1. The topological polar surface area (TPSA) is 128 Å². The van der Waals surface area contributed by atoms with Crippen molar-refractivity contribution in [2.45, 2.75) is 20.8 Å². The van der Waals surface area contributed by atoms with Gasteiger partial charge in [-0.15, -0.1) is 0 Å². The molecule has 0 aromatic heterocycles. The van der Waals surface area contributed by atoms with Crippen LogP contribution in [0.15, 0.2) is 23.8 Å². The zero-order chi connectivity index (χ0) is 17.1. The van der Waals surface area contributed by atoms with Crippen LogP contribution >= 0.6 is 0 Å². The maximum atomic E-state index is 12.2. The van der Waals surface area contributed by atoms with E-state index in [4.69, 9.17) is 10.5 Å². The number of ketones is 1. The van der Waals surface area contributed by atoms with Crippen LogP contribution in [-0.4, -0.2) is 15.8 Å². The average Bonchev–Trinajstić information content (AvgIpc) is 2.45. The van der Waals surface area contributed by atoms with Gasteiger partial charge in [-0.1, -0.05) is 20.8 Å². The van der Waals surface area contributed by atoms with Crippen molar-refractivity contribution in [1.29, 1.82) is 10.5 Å². The summed E-state index contributed by atoms with van der Waals surface area (Å²) in [6.07, 6.45) is 0. The van der Waals surface area contributed by atoms with E-state index in [-0.39, 0.29) is 11.1 Å². The van der Waals surface area contributed by atoms with Gasteiger partial charge >= 0.3 is 0 Å². The standard InChI is InChI=1S/C15H13N3O4/c1-15(2,3)14(20)11(8-17)13(19)10-5-4-9(7-16)6-12(10)18(21)22/h4-6,19H,1-3H3/b13-11-. The molecule has 0 unspecified atom stereocenters. The molecule has 1 rings (SSSR count). The van der Waals surface area contributed by atoms with Gasteiger partial charge in [0.15, 0.2) is 11.5 Å². The quantitative estimate of drug-likeness (QED) is 0.300. The van der Waals surface area contributed by atoms with E-state index < -0.39 is 33.1 Å². The Morgan fingerprint density at radius 2 is 1.91 bits per heavy atom. The Hall–Kier alpha value is -3.19. The number of carbonyl (C=O) groups is 1. The molecule has 112 valence electrons. The van der Waals surface area contributed by atoms with E-state index in [1.807, 2.05) is 0 Å². The van der Waals surface area contributed by atoms with E-state index in [0.29, 0.717) is 0 Å². The average molecular weight is 299 g/mol. The maximum absolute atomic E-state index is 12.2. The first kappa shape index (κ1) is 16.9. The predicted molar refractivity (Wildman–Crippen MR) is 77.4 cm³/mol. The van der Waals surface area contributed by atoms with Gasteiger partial charge in [-0.25, -0.2) is 0 Å². The van der Waals surface area contributed by atoms with E-state index in [1.165, 1.54) is 6.07 Å². The normalized spacial score (nSPS) is 11.9. The van der Waals surface area contributed by atoms with Crippen molar-refractivity contribution in [2.24, 2.45) is 5.41 Å². The van der Waals surface area contributed by atoms with Crippen LogP contribution in [0.25, 0.3) is 5.76 Å². The van der Waals surface area contributed by atoms with Crippen molar-refractivity contribution in [3.63, 3.8) is 0 Å². The van der Waals surface area contributed by atoms with Crippen molar-refractivity contribution in [3.8, 4) is 12.1 Å². The molecule has 0 aliphatic heterocycles. The number of nitrogens with zero attached hydrogens (tertiary/aromatic N) is 3. The number of aliphatic hydroxyl groups excluding tert-OH is 1. The third-order valence-corrected chi connectivity index (χ3v) is 2.84. The highest BCUT2D eigenvalue weighted by Gasteiger charge is 2.30. The molecule has 1 N–H and O–H groups in total. The summed E-state index contributed by atoms with van der Waals surface area (Å²) in [5.41, 5.74) is -2.28. The van der Waals surface area contributed by atoms with Crippen molar-refractivity contribution in [1.82, 2.24) is 0 Å². The first-order valence-corrected chi connectivity index (χ1v) is 6.20. The number of allylic oxidation sites excluding steroid dienone is 1. The van der Waals surface area contributed by atoms with Crippen LogP contribution in [-0.2, 0) is 4.79 Å². The smallest absolute Gasteiger partial charge is 0.281 e. The van der Waals surface area contributed by atoms with Crippen LogP contribution in [0, 0.1) is 38.2 Å². The minimum Gasteiger partial charge on any atom is -0.506 e. The lowest BCUT2D eigenvalue weighted by Crippen LogP contribution is -2.22. The molecule has 0 aliphatic carbocycles. The lowest BCUT2D eigenvalue weighted by molar-refractivity contribution is -0.385. The molecule has 0 amide bonds. The van der Waals surface area contributed by atoms with Crippen molar-refractivity contribution >= 4 is 17.2 Å². The molecule has 22 heavy (non-hydrogen) atoms. The molecular formula is C15H13N3O4. The molecule has 0 atom stereocenters. The first-order valence-electron chi connectivity index (χ1n) is 6.20. The molecule has 0 bridgehead atoms. The highest BCUT2D eigenvalue weighted by atomic mass is 16.6. The molecular weight excluding hydrogens is 286 g/mol. The molecule has 0 saturated heterocycles. The van der Waals surface area contributed by atoms with Crippen LogP contribution < -0.4 is 0 Å². The Kier molecular flexibility index (Phi) is 4.65. The fourth-order valence-corrected chi connectivity index (χ4v) is 1.67. The zero-order valence-corrected chi connectivity index (χ0v) is 12.2. The Morgan fingerprint density at radius 3 is 2.32 bits per heavy atom. The summed E-state index contributed by atoms with van der Waals surface area (Å²) in [6.45, 7) is 4.69. The van der Waals surface area contributed by atoms with Gasteiger partial charge in [0.05, 0.1) is 22.1 Å². The summed E-state index contributed by atoms with van der Waals surface area (Å²) in [6, 6.07) is 6.71. The Labute approximate surface area is 126 Å². The molecule has 0 spiro atoms. The fourth-order valence-electron chi connectivity index (χ4n) is 1.67. The summed E-state index contributed by atoms with van der Waals surface area (Å²) >= 11 is 0. The molecule has 0 radical (unpaired) electrons. The van der Waals surface area contributed by atoms with Crippen molar-refractivity contribution in [2.75, 3.05) is 0 Å². The molecule has 7 nitrogen and oxygen atoms in total. The largest absolute Gasteiger partial charge is 0.506 e. The molecule has 0 aliphatic rings. The maximum Gasteiger partial charge on any atom is 0.281 e. The number of rotatable bonds is 3. The molecule has 0 saturated carbocycles. The number of hydrogen-bond acceptors (Lipinski definition) is 6. The van der Waals surface area contributed by atoms with Gasteiger partial charge in [-0.05, 0) is 12.1 Å². The van der Waals surface area contributed by atoms with E-state index in [9.17, 15) is 20.0 Å². The number of nitro groups is 1. The Morgan fingerprint density at radius 1 is 1.32 bits per heavy atom. The number of Topliss-reactive ketones (excluding diaryl/α,β-unsaturated/α-hetero) is 1. The van der Waals surface area contributed by atoms with Gasteiger partial charge < -0.3 is 5.11 Å². The van der Waals surface area contributed by atoms with Crippen LogP contribution in [0.4, 0.5) is 5.69 Å². The highest BCUT2D eigenvalue weighted by Crippen LogP contribution is 2.30. The summed E-state index contributed by atoms with van der Waals surface area (Å²) in [4.78, 5) is 22.4.